The molecule has 1 aliphatic heterocycles. The van der Waals surface area contributed by atoms with Crippen LogP contribution in [0.2, 0.25) is 0 Å². The van der Waals surface area contributed by atoms with E-state index < -0.39 is 5.54 Å². The first-order valence-electron chi connectivity index (χ1n) is 12.5. The molecule has 2 amide bonds. The van der Waals surface area contributed by atoms with Crippen LogP contribution in [-0.2, 0) is 11.3 Å². The van der Waals surface area contributed by atoms with Crippen molar-refractivity contribution >= 4 is 11.8 Å². The van der Waals surface area contributed by atoms with Crippen molar-refractivity contribution in [1.82, 2.24) is 19.7 Å². The second kappa shape index (κ2) is 9.75. The summed E-state index contributed by atoms with van der Waals surface area (Å²) in [5.74, 6) is 1.27. The molecule has 0 unspecified atom stereocenters. The lowest BCUT2D eigenvalue weighted by molar-refractivity contribution is -0.134. The van der Waals surface area contributed by atoms with Crippen molar-refractivity contribution in [2.75, 3.05) is 26.2 Å². The molecule has 1 atom stereocenters. The molecule has 1 aliphatic carbocycles. The van der Waals surface area contributed by atoms with Crippen molar-refractivity contribution in [3.05, 3.63) is 36.2 Å². The summed E-state index contributed by atoms with van der Waals surface area (Å²) in [6, 6.07) is 7.68. The Bertz CT molecular complexity index is 954. The fraction of sp³-hybridized carbons (Fsp3) is 0.615. The molecule has 4 rings (SSSR count). The summed E-state index contributed by atoms with van der Waals surface area (Å²) in [5.41, 5.74) is 0.468. The summed E-state index contributed by atoms with van der Waals surface area (Å²) in [4.78, 5) is 31.6. The minimum Gasteiger partial charge on any atom is -0.463 e. The molecule has 0 aromatic carbocycles. The number of fused-ring (bicyclic) bond motifs is 1. The second-order valence-corrected chi connectivity index (χ2v) is 9.86. The largest absolute Gasteiger partial charge is 0.463 e. The number of hydrogen-bond acceptors (Lipinski definition) is 4. The number of carbonyl (C=O) groups excluding carboxylic acids is 2. The third kappa shape index (κ3) is 4.60. The molecule has 0 radical (unpaired) electrons. The lowest BCUT2D eigenvalue weighted by atomic mass is 9.86. The van der Waals surface area contributed by atoms with Crippen molar-refractivity contribution in [3.63, 3.8) is 0 Å². The molecule has 0 saturated heterocycles. The number of carbonyl (C=O) groups is 2. The summed E-state index contributed by atoms with van der Waals surface area (Å²) < 4.78 is 7.58. The summed E-state index contributed by atoms with van der Waals surface area (Å²) >= 11 is 0. The third-order valence-electron chi connectivity index (χ3n) is 7.65. The van der Waals surface area contributed by atoms with Gasteiger partial charge in [0.05, 0.1) is 18.5 Å². The van der Waals surface area contributed by atoms with Crippen molar-refractivity contribution in [2.45, 2.75) is 71.5 Å². The van der Waals surface area contributed by atoms with Gasteiger partial charge in [-0.2, -0.15) is 0 Å². The van der Waals surface area contributed by atoms with Gasteiger partial charge in [-0.3, -0.25) is 9.59 Å². The summed E-state index contributed by atoms with van der Waals surface area (Å²) in [7, 11) is 0. The van der Waals surface area contributed by atoms with Crippen LogP contribution in [0.5, 0.6) is 0 Å². The molecule has 1 saturated carbocycles. The molecule has 1 N–H and O–H groups in total. The zero-order valence-corrected chi connectivity index (χ0v) is 20.5. The molecule has 180 valence electrons. The lowest BCUT2D eigenvalue weighted by Gasteiger charge is -2.45. The van der Waals surface area contributed by atoms with E-state index in [4.69, 9.17) is 4.42 Å². The minimum absolute atomic E-state index is 0.0558. The number of amides is 2. The second-order valence-electron chi connectivity index (χ2n) is 9.86. The minimum atomic E-state index is -0.972. The average molecular weight is 455 g/mol. The van der Waals surface area contributed by atoms with Crippen molar-refractivity contribution in [2.24, 2.45) is 5.92 Å². The fourth-order valence-electron chi connectivity index (χ4n) is 5.29. The Kier molecular flexibility index (Phi) is 6.98. The maximum Gasteiger partial charge on any atom is 0.271 e. The summed E-state index contributed by atoms with van der Waals surface area (Å²) in [6.45, 7) is 11.9. The molecule has 3 heterocycles. The van der Waals surface area contributed by atoms with E-state index in [2.05, 4.69) is 31.0 Å². The van der Waals surface area contributed by atoms with Crippen LogP contribution in [0, 0.1) is 5.92 Å². The fourth-order valence-corrected chi connectivity index (χ4v) is 5.29. The molecule has 0 spiro atoms. The molecule has 33 heavy (non-hydrogen) atoms. The molecule has 1 fully saturated rings. The molecule has 0 bridgehead atoms. The predicted octanol–water partition coefficient (Wildman–Crippen LogP) is 4.00. The van der Waals surface area contributed by atoms with E-state index in [1.165, 1.54) is 0 Å². The number of furan rings is 1. The quantitative estimate of drug-likeness (QED) is 0.655. The normalized spacial score (nSPS) is 25.4. The van der Waals surface area contributed by atoms with Crippen molar-refractivity contribution in [1.29, 1.82) is 0 Å². The van der Waals surface area contributed by atoms with E-state index in [0.29, 0.717) is 30.5 Å². The standard InChI is InChI=1S/C26H38N4O3/c1-5-28(6-2)15-16-30-24(31)22-14-13-21(23-8-7-17-33-23)29(22)18-26(30,4)25(32)27-20-11-9-19(3)10-12-20/h7-8,13-14,17,19-20H,5-6,9-12,15-16,18H2,1-4H3,(H,27,32)/t19?,20?,26-/m0/s1. The van der Waals surface area contributed by atoms with E-state index in [1.54, 1.807) is 11.2 Å². The van der Waals surface area contributed by atoms with Gasteiger partial charge in [0.25, 0.3) is 5.91 Å². The van der Waals surface area contributed by atoms with Gasteiger partial charge in [-0.05, 0) is 75.9 Å². The van der Waals surface area contributed by atoms with Gasteiger partial charge in [0.1, 0.15) is 17.0 Å². The number of likely N-dealkylation sites (N-methyl/N-ethyl adjacent to an activating group) is 1. The van der Waals surface area contributed by atoms with Crippen LogP contribution >= 0.6 is 0 Å². The highest BCUT2D eigenvalue weighted by Gasteiger charge is 2.48. The number of nitrogens with one attached hydrogen (secondary N) is 1. The van der Waals surface area contributed by atoms with Gasteiger partial charge in [0, 0.05) is 19.1 Å². The maximum atomic E-state index is 13.8. The van der Waals surface area contributed by atoms with Crippen LogP contribution in [0.25, 0.3) is 11.5 Å². The monoisotopic (exact) mass is 454 g/mol. The predicted molar refractivity (Wildman–Crippen MR) is 129 cm³/mol. The van der Waals surface area contributed by atoms with Crippen molar-refractivity contribution < 1.29 is 14.0 Å². The van der Waals surface area contributed by atoms with Gasteiger partial charge in [-0.25, -0.2) is 0 Å². The lowest BCUT2D eigenvalue weighted by Crippen LogP contribution is -2.66. The van der Waals surface area contributed by atoms with Gasteiger partial charge in [-0.1, -0.05) is 20.8 Å². The maximum absolute atomic E-state index is 13.8. The summed E-state index contributed by atoms with van der Waals surface area (Å²) in [5, 5.41) is 3.31. The van der Waals surface area contributed by atoms with E-state index >= 15 is 0 Å². The summed E-state index contributed by atoms with van der Waals surface area (Å²) in [6.07, 6.45) is 5.91. The SMILES string of the molecule is CCN(CC)CCN1C(=O)c2ccc(-c3ccco3)n2C[C@@]1(C)C(=O)NC1CCC(C)CC1. The van der Waals surface area contributed by atoms with Crippen LogP contribution in [0.15, 0.2) is 34.9 Å². The molecule has 7 heteroatoms. The number of aromatic nitrogens is 1. The van der Waals surface area contributed by atoms with Crippen LogP contribution in [0.1, 0.15) is 63.9 Å². The highest BCUT2D eigenvalue weighted by molar-refractivity contribution is 6.00. The number of hydrogen-bond donors (Lipinski definition) is 1. The first kappa shape index (κ1) is 23.6. The van der Waals surface area contributed by atoms with Crippen LogP contribution < -0.4 is 5.32 Å². The van der Waals surface area contributed by atoms with Crippen molar-refractivity contribution in [3.8, 4) is 11.5 Å². The Labute approximate surface area is 197 Å². The van der Waals surface area contributed by atoms with E-state index in [9.17, 15) is 9.59 Å². The molecular weight excluding hydrogens is 416 g/mol. The Morgan fingerprint density at radius 3 is 2.48 bits per heavy atom. The third-order valence-corrected chi connectivity index (χ3v) is 7.65. The zero-order valence-electron chi connectivity index (χ0n) is 20.5. The highest BCUT2D eigenvalue weighted by atomic mass is 16.3. The Morgan fingerprint density at radius 1 is 1.15 bits per heavy atom. The van der Waals surface area contributed by atoms with Gasteiger partial charge in [-0.15, -0.1) is 0 Å². The van der Waals surface area contributed by atoms with E-state index in [-0.39, 0.29) is 17.9 Å². The Hall–Kier alpha value is -2.54. The van der Waals surface area contributed by atoms with Crippen LogP contribution in [0.4, 0.5) is 0 Å². The topological polar surface area (TPSA) is 70.7 Å². The molecule has 2 aromatic heterocycles. The van der Waals surface area contributed by atoms with Crippen LogP contribution in [0.3, 0.4) is 0 Å². The smallest absolute Gasteiger partial charge is 0.271 e. The molecular formula is C26H38N4O3. The Balaban J connectivity index is 1.64. The van der Waals surface area contributed by atoms with E-state index in [0.717, 1.165) is 51.0 Å². The first-order valence-corrected chi connectivity index (χ1v) is 12.5. The molecule has 2 aromatic rings. The van der Waals surface area contributed by atoms with E-state index in [1.807, 2.05) is 35.8 Å². The molecule has 2 aliphatic rings. The van der Waals surface area contributed by atoms with Gasteiger partial charge in [0.2, 0.25) is 5.91 Å². The average Bonchev–Trinajstić information content (AvgIpc) is 3.47. The number of rotatable bonds is 8. The zero-order chi connectivity index (χ0) is 23.6. The molecule has 7 nitrogen and oxygen atoms in total. The number of nitrogens with zero attached hydrogens (tertiary/aromatic N) is 3. The van der Waals surface area contributed by atoms with Gasteiger partial charge < -0.3 is 24.1 Å². The van der Waals surface area contributed by atoms with Gasteiger partial charge >= 0.3 is 0 Å². The van der Waals surface area contributed by atoms with Crippen LogP contribution in [-0.4, -0.2) is 63.9 Å². The Morgan fingerprint density at radius 2 is 1.85 bits per heavy atom. The highest BCUT2D eigenvalue weighted by Crippen LogP contribution is 2.34. The first-order chi connectivity index (χ1) is 15.9. The van der Waals surface area contributed by atoms with Gasteiger partial charge in [0.15, 0.2) is 0 Å².